The summed E-state index contributed by atoms with van der Waals surface area (Å²) < 4.78 is 34.2. The number of sulfonamides is 1. The fourth-order valence-corrected chi connectivity index (χ4v) is 4.17. The molecule has 1 unspecified atom stereocenters. The minimum Gasteiger partial charge on any atom is -0.390 e. The number of rotatable bonds is 6. The van der Waals surface area contributed by atoms with E-state index in [1.54, 1.807) is 17.8 Å². The molecule has 0 aliphatic carbocycles. The van der Waals surface area contributed by atoms with E-state index in [0.717, 1.165) is 19.3 Å². The molecule has 0 amide bonds. The molecule has 1 aromatic heterocycles. The van der Waals surface area contributed by atoms with Crippen LogP contribution >= 0.6 is 0 Å². The quantitative estimate of drug-likeness (QED) is 0.853. The van der Waals surface area contributed by atoms with Crippen LogP contribution in [0.1, 0.15) is 31.9 Å². The Morgan fingerprint density at radius 1 is 1.48 bits per heavy atom. The molecule has 120 valence electrons. The number of piperidine rings is 1. The van der Waals surface area contributed by atoms with Crippen molar-refractivity contribution in [2.24, 2.45) is 7.05 Å². The summed E-state index contributed by atoms with van der Waals surface area (Å²) in [6.07, 6.45) is 4.18. The molecule has 7 heteroatoms. The van der Waals surface area contributed by atoms with Gasteiger partial charge in [-0.2, -0.15) is 4.31 Å². The van der Waals surface area contributed by atoms with Crippen molar-refractivity contribution in [1.82, 2.24) is 8.87 Å². The second kappa shape index (κ2) is 6.91. The van der Waals surface area contributed by atoms with E-state index in [1.807, 2.05) is 6.92 Å². The summed E-state index contributed by atoms with van der Waals surface area (Å²) in [5.74, 6) is 0. The second-order valence-corrected chi connectivity index (χ2v) is 7.37. The molecule has 1 atom stereocenters. The van der Waals surface area contributed by atoms with Gasteiger partial charge < -0.3 is 14.4 Å². The van der Waals surface area contributed by atoms with Crippen LogP contribution in [-0.2, 0) is 28.4 Å². The van der Waals surface area contributed by atoms with Crippen LogP contribution in [0.3, 0.4) is 0 Å². The zero-order valence-corrected chi connectivity index (χ0v) is 13.5. The Hall–Kier alpha value is -0.890. The van der Waals surface area contributed by atoms with Crippen molar-refractivity contribution in [3.8, 4) is 0 Å². The van der Waals surface area contributed by atoms with Gasteiger partial charge >= 0.3 is 0 Å². The van der Waals surface area contributed by atoms with Crippen molar-refractivity contribution in [3.63, 3.8) is 0 Å². The van der Waals surface area contributed by atoms with Crippen molar-refractivity contribution >= 4 is 10.0 Å². The fourth-order valence-electron chi connectivity index (χ4n) is 2.57. The predicted octanol–water partition coefficient (Wildman–Crippen LogP) is 1.10. The third-order valence-electron chi connectivity index (χ3n) is 3.78. The average Bonchev–Trinajstić information content (AvgIpc) is 2.87. The molecule has 1 aliphatic heterocycles. The maximum atomic E-state index is 12.7. The molecule has 0 spiro atoms. The Morgan fingerprint density at radius 3 is 2.86 bits per heavy atom. The van der Waals surface area contributed by atoms with Crippen molar-refractivity contribution < 1.29 is 18.3 Å². The van der Waals surface area contributed by atoms with E-state index in [-0.39, 0.29) is 17.6 Å². The summed E-state index contributed by atoms with van der Waals surface area (Å²) >= 11 is 0. The number of nitrogens with zero attached hydrogens (tertiary/aromatic N) is 2. The molecule has 0 aromatic carbocycles. The summed E-state index contributed by atoms with van der Waals surface area (Å²) in [6.45, 7) is 3.47. The number of aliphatic hydroxyl groups excluding tert-OH is 1. The van der Waals surface area contributed by atoms with Crippen LogP contribution in [0, 0.1) is 0 Å². The van der Waals surface area contributed by atoms with Gasteiger partial charge in [0.25, 0.3) is 0 Å². The summed E-state index contributed by atoms with van der Waals surface area (Å²) in [6, 6.07) is 1.53. The van der Waals surface area contributed by atoms with E-state index < -0.39 is 10.0 Å². The monoisotopic (exact) mass is 316 g/mol. The van der Waals surface area contributed by atoms with E-state index in [2.05, 4.69) is 0 Å². The third-order valence-corrected chi connectivity index (χ3v) is 5.61. The SMILES string of the molecule is CCCOC1CCCN(S(=O)(=O)c2cc(CO)n(C)c2)C1. The van der Waals surface area contributed by atoms with Crippen LogP contribution in [0.15, 0.2) is 17.2 Å². The molecule has 1 aromatic rings. The summed E-state index contributed by atoms with van der Waals surface area (Å²) in [4.78, 5) is 0.241. The summed E-state index contributed by atoms with van der Waals surface area (Å²) in [7, 11) is -1.78. The topological polar surface area (TPSA) is 71.8 Å². The van der Waals surface area contributed by atoms with E-state index in [0.29, 0.717) is 25.4 Å². The van der Waals surface area contributed by atoms with E-state index in [1.165, 1.54) is 10.4 Å². The Balaban J connectivity index is 2.14. The number of aliphatic hydroxyl groups is 1. The van der Waals surface area contributed by atoms with Crippen LogP contribution in [0.25, 0.3) is 0 Å². The Kier molecular flexibility index (Phi) is 5.43. The van der Waals surface area contributed by atoms with Gasteiger partial charge in [0.15, 0.2) is 0 Å². The Labute approximate surface area is 126 Å². The third kappa shape index (κ3) is 3.66. The Bertz CT molecular complexity index is 568. The van der Waals surface area contributed by atoms with Gasteiger partial charge in [0.1, 0.15) is 4.90 Å². The molecule has 0 bridgehead atoms. The number of ether oxygens (including phenoxy) is 1. The van der Waals surface area contributed by atoms with E-state index in [4.69, 9.17) is 4.74 Å². The van der Waals surface area contributed by atoms with Crippen molar-refractivity contribution in [2.75, 3.05) is 19.7 Å². The van der Waals surface area contributed by atoms with Gasteiger partial charge in [-0.3, -0.25) is 0 Å². The molecule has 0 radical (unpaired) electrons. The zero-order valence-electron chi connectivity index (χ0n) is 12.7. The van der Waals surface area contributed by atoms with Crippen molar-refractivity contribution in [2.45, 2.75) is 43.8 Å². The summed E-state index contributed by atoms with van der Waals surface area (Å²) in [5, 5.41) is 9.20. The highest BCUT2D eigenvalue weighted by molar-refractivity contribution is 7.89. The van der Waals surface area contributed by atoms with Gasteiger partial charge in [-0.15, -0.1) is 0 Å². The standard InChI is InChI=1S/C14H24N2O4S/c1-3-7-20-13-5-4-6-16(9-13)21(18,19)14-8-12(11-17)15(2)10-14/h8,10,13,17H,3-7,9,11H2,1-2H3. The number of hydrogen-bond donors (Lipinski definition) is 1. The first-order valence-electron chi connectivity index (χ1n) is 7.37. The van der Waals surface area contributed by atoms with E-state index >= 15 is 0 Å². The molecular formula is C14H24N2O4S. The Morgan fingerprint density at radius 2 is 2.24 bits per heavy atom. The van der Waals surface area contributed by atoms with Gasteiger partial charge in [-0.25, -0.2) is 8.42 Å². The predicted molar refractivity (Wildman–Crippen MR) is 79.4 cm³/mol. The number of hydrogen-bond acceptors (Lipinski definition) is 4. The average molecular weight is 316 g/mol. The molecule has 1 aliphatic rings. The fraction of sp³-hybridized carbons (Fsp3) is 0.714. The highest BCUT2D eigenvalue weighted by atomic mass is 32.2. The number of aryl methyl sites for hydroxylation is 1. The van der Waals surface area contributed by atoms with Gasteiger partial charge in [0.05, 0.1) is 12.7 Å². The highest BCUT2D eigenvalue weighted by Crippen LogP contribution is 2.23. The molecule has 1 fully saturated rings. The zero-order chi connectivity index (χ0) is 15.5. The maximum Gasteiger partial charge on any atom is 0.244 e. The van der Waals surface area contributed by atoms with Gasteiger partial charge in [0, 0.05) is 38.6 Å². The van der Waals surface area contributed by atoms with Gasteiger partial charge in [0.2, 0.25) is 10.0 Å². The lowest BCUT2D eigenvalue weighted by Gasteiger charge is -2.31. The molecule has 6 nitrogen and oxygen atoms in total. The normalized spacial score (nSPS) is 20.8. The molecule has 2 heterocycles. The molecule has 1 N–H and O–H groups in total. The smallest absolute Gasteiger partial charge is 0.244 e. The lowest BCUT2D eigenvalue weighted by atomic mass is 10.1. The largest absolute Gasteiger partial charge is 0.390 e. The molecule has 2 rings (SSSR count). The van der Waals surface area contributed by atoms with Crippen LogP contribution in [0.5, 0.6) is 0 Å². The first kappa shape index (κ1) is 16.5. The second-order valence-electron chi connectivity index (χ2n) is 5.43. The minimum absolute atomic E-state index is 0.0190. The molecule has 21 heavy (non-hydrogen) atoms. The minimum atomic E-state index is -3.51. The van der Waals surface area contributed by atoms with Crippen molar-refractivity contribution in [1.29, 1.82) is 0 Å². The lowest BCUT2D eigenvalue weighted by molar-refractivity contribution is 0.0193. The summed E-state index contributed by atoms with van der Waals surface area (Å²) in [5.41, 5.74) is 0.587. The van der Waals surface area contributed by atoms with Crippen LogP contribution < -0.4 is 0 Å². The maximum absolute atomic E-state index is 12.7. The first-order valence-corrected chi connectivity index (χ1v) is 8.81. The van der Waals surface area contributed by atoms with Crippen molar-refractivity contribution in [3.05, 3.63) is 18.0 Å². The molecule has 1 saturated heterocycles. The van der Waals surface area contributed by atoms with Crippen LogP contribution in [0.4, 0.5) is 0 Å². The van der Waals surface area contributed by atoms with Crippen LogP contribution in [0.2, 0.25) is 0 Å². The van der Waals surface area contributed by atoms with Gasteiger partial charge in [-0.1, -0.05) is 6.92 Å². The van der Waals surface area contributed by atoms with Gasteiger partial charge in [-0.05, 0) is 25.3 Å². The highest BCUT2D eigenvalue weighted by Gasteiger charge is 2.31. The van der Waals surface area contributed by atoms with Crippen LogP contribution in [-0.4, -0.2) is 48.2 Å². The molecule has 0 saturated carbocycles. The number of aromatic nitrogens is 1. The molecular weight excluding hydrogens is 292 g/mol. The van der Waals surface area contributed by atoms with E-state index in [9.17, 15) is 13.5 Å². The lowest BCUT2D eigenvalue weighted by Crippen LogP contribution is -2.43. The first-order chi connectivity index (χ1) is 9.98.